The van der Waals surface area contributed by atoms with Crippen LogP contribution in [0.3, 0.4) is 0 Å². The number of benzene rings is 1. The van der Waals surface area contributed by atoms with E-state index in [4.69, 9.17) is 26.4 Å². The number of nitrogens with two attached hydrogens (primary N) is 2. The van der Waals surface area contributed by atoms with E-state index in [0.717, 1.165) is 4.57 Å². The fourth-order valence-electron chi connectivity index (χ4n) is 3.14. The summed E-state index contributed by atoms with van der Waals surface area (Å²) >= 11 is 0. The van der Waals surface area contributed by atoms with Crippen molar-refractivity contribution in [3.05, 3.63) is 34.9 Å². The van der Waals surface area contributed by atoms with Crippen LogP contribution in [-0.4, -0.2) is 64.9 Å². The molecule has 0 fully saturated rings. The number of guanidine groups is 1. The van der Waals surface area contributed by atoms with E-state index in [0.29, 0.717) is 23.7 Å². The molecule has 0 spiro atoms. The standard InChI is InChI=1S/C20H26N8O5/c1-12(29)9-27(7-5-21)16(30)11-28-10-15-18(26-20(28)31)25-17-13(3-2-4-14(17)33-15)32-8-6-24-19(22)23/h2-4,10H,5-9,11,21H2,1H3,(H4,22,23,24)(H,25,26,31). The van der Waals surface area contributed by atoms with Gasteiger partial charge in [-0.3, -0.25) is 19.6 Å². The van der Waals surface area contributed by atoms with E-state index in [-0.39, 0.29) is 56.1 Å². The molecule has 0 atom stereocenters. The lowest BCUT2D eigenvalue weighted by Crippen LogP contribution is -2.42. The zero-order valence-corrected chi connectivity index (χ0v) is 18.1. The van der Waals surface area contributed by atoms with Gasteiger partial charge in [-0.2, -0.15) is 4.98 Å². The third kappa shape index (κ3) is 5.98. The Morgan fingerprint density at radius 2 is 2.15 bits per heavy atom. The molecular weight excluding hydrogens is 432 g/mol. The highest BCUT2D eigenvalue weighted by molar-refractivity contribution is 5.84. The van der Waals surface area contributed by atoms with Crippen LogP contribution < -0.4 is 37.3 Å². The van der Waals surface area contributed by atoms with Crippen LogP contribution >= 0.6 is 0 Å². The SMILES string of the molecule is CC(=O)CN(CCN)C(=O)Cn1cc2c(nc1=O)Nc1c(OCCNC(=N)N)cccc1O2. The number of aromatic nitrogens is 2. The predicted molar refractivity (Wildman–Crippen MR) is 120 cm³/mol. The van der Waals surface area contributed by atoms with E-state index in [9.17, 15) is 14.4 Å². The molecule has 0 radical (unpaired) electrons. The fraction of sp³-hybridized carbons (Fsp3) is 0.350. The number of nitrogens with zero attached hydrogens (tertiary/aromatic N) is 3. The van der Waals surface area contributed by atoms with Crippen LogP contribution in [0.1, 0.15) is 6.92 Å². The van der Waals surface area contributed by atoms with Crippen LogP contribution in [-0.2, 0) is 16.1 Å². The van der Waals surface area contributed by atoms with Gasteiger partial charge in [-0.05, 0) is 19.1 Å². The van der Waals surface area contributed by atoms with Gasteiger partial charge in [-0.25, -0.2) is 4.79 Å². The Labute approximate surface area is 189 Å². The first-order chi connectivity index (χ1) is 15.8. The van der Waals surface area contributed by atoms with Crippen molar-refractivity contribution in [1.29, 1.82) is 5.41 Å². The van der Waals surface area contributed by atoms with Crippen LogP contribution in [0.25, 0.3) is 0 Å². The topological polar surface area (TPSA) is 191 Å². The summed E-state index contributed by atoms with van der Waals surface area (Å²) in [6.45, 7) is 1.93. The molecule has 2 heterocycles. The third-order valence-corrected chi connectivity index (χ3v) is 4.56. The van der Waals surface area contributed by atoms with E-state index in [1.165, 1.54) is 18.0 Å². The maximum atomic E-state index is 12.6. The molecule has 0 aliphatic carbocycles. The van der Waals surface area contributed by atoms with Gasteiger partial charge in [0, 0.05) is 13.1 Å². The second-order valence-corrected chi connectivity index (χ2v) is 7.22. The second-order valence-electron chi connectivity index (χ2n) is 7.22. The van der Waals surface area contributed by atoms with Crippen molar-refractivity contribution >= 4 is 29.2 Å². The molecule has 0 saturated heterocycles. The average Bonchev–Trinajstić information content (AvgIpc) is 2.75. The van der Waals surface area contributed by atoms with Crippen LogP contribution in [0, 0.1) is 5.41 Å². The smallest absolute Gasteiger partial charge is 0.350 e. The minimum atomic E-state index is -0.666. The van der Waals surface area contributed by atoms with Gasteiger partial charge in [0.1, 0.15) is 30.4 Å². The number of rotatable bonds is 10. The molecule has 13 heteroatoms. The summed E-state index contributed by atoms with van der Waals surface area (Å²) in [5.41, 5.74) is 10.6. The molecule has 1 aliphatic rings. The second kappa shape index (κ2) is 10.5. The van der Waals surface area contributed by atoms with E-state index in [2.05, 4.69) is 15.6 Å². The number of ketones is 1. The van der Waals surface area contributed by atoms with E-state index >= 15 is 0 Å². The fourth-order valence-corrected chi connectivity index (χ4v) is 3.14. The van der Waals surface area contributed by atoms with Crippen LogP contribution in [0.2, 0.25) is 0 Å². The van der Waals surface area contributed by atoms with Crippen molar-refractivity contribution in [2.24, 2.45) is 11.5 Å². The van der Waals surface area contributed by atoms with Gasteiger partial charge >= 0.3 is 5.69 Å². The number of fused-ring (bicyclic) bond motifs is 2. The van der Waals surface area contributed by atoms with Gasteiger partial charge in [-0.15, -0.1) is 0 Å². The molecule has 7 N–H and O–H groups in total. The maximum absolute atomic E-state index is 12.6. The minimum absolute atomic E-state index is 0.0840. The van der Waals surface area contributed by atoms with E-state index in [1.807, 2.05) is 0 Å². The van der Waals surface area contributed by atoms with Crippen LogP contribution in [0.4, 0.5) is 11.5 Å². The minimum Gasteiger partial charge on any atom is -0.489 e. The molecule has 1 amide bonds. The van der Waals surface area contributed by atoms with Crippen molar-refractivity contribution in [2.45, 2.75) is 13.5 Å². The Hall–Kier alpha value is -4.13. The van der Waals surface area contributed by atoms with Gasteiger partial charge in [0.05, 0.1) is 19.3 Å². The highest BCUT2D eigenvalue weighted by Gasteiger charge is 2.24. The van der Waals surface area contributed by atoms with Gasteiger partial charge in [0.15, 0.2) is 23.3 Å². The number of para-hydroxylation sites is 1. The van der Waals surface area contributed by atoms with Gasteiger partial charge in [-0.1, -0.05) is 6.07 Å². The number of hydrogen-bond donors (Lipinski definition) is 5. The maximum Gasteiger partial charge on any atom is 0.350 e. The number of amides is 1. The molecule has 0 bridgehead atoms. The van der Waals surface area contributed by atoms with Crippen molar-refractivity contribution in [1.82, 2.24) is 19.8 Å². The lowest BCUT2D eigenvalue weighted by Gasteiger charge is -2.24. The first-order valence-corrected chi connectivity index (χ1v) is 10.2. The number of nitrogens with one attached hydrogen (secondary N) is 3. The zero-order chi connectivity index (χ0) is 24.0. The lowest BCUT2D eigenvalue weighted by atomic mass is 10.2. The summed E-state index contributed by atoms with van der Waals surface area (Å²) in [6, 6.07) is 5.16. The van der Waals surface area contributed by atoms with Crippen molar-refractivity contribution in [3.63, 3.8) is 0 Å². The molecular formula is C20H26N8O5. The molecule has 1 aliphatic heterocycles. The Balaban J connectivity index is 1.76. The Morgan fingerprint density at radius 3 is 2.85 bits per heavy atom. The number of anilines is 2. The summed E-state index contributed by atoms with van der Waals surface area (Å²) in [6.07, 6.45) is 1.39. The van der Waals surface area contributed by atoms with Crippen molar-refractivity contribution < 1.29 is 19.1 Å². The normalized spacial score (nSPS) is 11.3. The van der Waals surface area contributed by atoms with Gasteiger partial charge < -0.3 is 36.5 Å². The van der Waals surface area contributed by atoms with E-state index < -0.39 is 11.6 Å². The Kier molecular flexibility index (Phi) is 7.46. The van der Waals surface area contributed by atoms with Gasteiger partial charge in [0.25, 0.3) is 0 Å². The highest BCUT2D eigenvalue weighted by Crippen LogP contribution is 2.44. The molecule has 176 valence electrons. The largest absolute Gasteiger partial charge is 0.489 e. The van der Waals surface area contributed by atoms with Crippen molar-refractivity contribution in [3.8, 4) is 17.2 Å². The molecule has 0 unspecified atom stereocenters. The highest BCUT2D eigenvalue weighted by atomic mass is 16.5. The number of carbonyl (C=O) groups is 2. The Bertz CT molecular complexity index is 1120. The molecule has 2 aromatic rings. The number of Topliss-reactive ketones (excluding diaryl/α,β-unsaturated/α-hetero) is 1. The molecule has 3 rings (SSSR count). The number of ether oxygens (including phenoxy) is 2. The summed E-state index contributed by atoms with van der Waals surface area (Å²) in [4.78, 5) is 41.8. The van der Waals surface area contributed by atoms with Crippen LogP contribution in [0.15, 0.2) is 29.2 Å². The van der Waals surface area contributed by atoms with Gasteiger partial charge in [0.2, 0.25) is 5.91 Å². The molecule has 1 aromatic heterocycles. The average molecular weight is 458 g/mol. The molecule has 0 saturated carbocycles. The first-order valence-electron chi connectivity index (χ1n) is 10.2. The van der Waals surface area contributed by atoms with Crippen molar-refractivity contribution in [2.75, 3.05) is 38.1 Å². The molecule has 33 heavy (non-hydrogen) atoms. The van der Waals surface area contributed by atoms with Crippen LogP contribution in [0.5, 0.6) is 17.2 Å². The Morgan fingerprint density at radius 1 is 1.36 bits per heavy atom. The zero-order valence-electron chi connectivity index (χ0n) is 18.1. The lowest BCUT2D eigenvalue weighted by molar-refractivity contribution is -0.135. The summed E-state index contributed by atoms with van der Waals surface area (Å²) in [5.74, 6) is 0.561. The molecule has 13 nitrogen and oxygen atoms in total. The summed E-state index contributed by atoms with van der Waals surface area (Å²) < 4.78 is 12.7. The number of hydrogen-bond acceptors (Lipinski definition) is 9. The molecule has 1 aromatic carbocycles. The summed E-state index contributed by atoms with van der Waals surface area (Å²) in [7, 11) is 0. The number of carbonyl (C=O) groups excluding carboxylic acids is 2. The quantitative estimate of drug-likeness (QED) is 0.148. The monoisotopic (exact) mass is 458 g/mol. The predicted octanol–water partition coefficient (Wildman–Crippen LogP) is -0.669. The van der Waals surface area contributed by atoms with E-state index in [1.54, 1.807) is 18.2 Å². The third-order valence-electron chi connectivity index (χ3n) is 4.56. The summed E-state index contributed by atoms with van der Waals surface area (Å²) in [5, 5.41) is 12.8. The first kappa shape index (κ1) is 23.5.